The van der Waals surface area contributed by atoms with Crippen molar-refractivity contribution >= 4 is 11.8 Å². The van der Waals surface area contributed by atoms with E-state index in [1.165, 1.54) is 0 Å². The average Bonchev–Trinajstić information content (AvgIpc) is 2.33. The van der Waals surface area contributed by atoms with Crippen LogP contribution in [0, 0.1) is 18.3 Å². The molecule has 0 atom stereocenters. The molecule has 0 radical (unpaired) electrons. The summed E-state index contributed by atoms with van der Waals surface area (Å²) in [6.45, 7) is 3.78. The normalized spacial score (nSPS) is 9.94. The second kappa shape index (κ2) is 6.66. The van der Waals surface area contributed by atoms with Crippen LogP contribution in [0.25, 0.3) is 0 Å². The molecule has 0 amide bonds. The Morgan fingerprint density at radius 2 is 2.29 bits per heavy atom. The van der Waals surface area contributed by atoms with E-state index in [-0.39, 0.29) is 5.95 Å². The number of hydrogen-bond acceptors (Lipinski definition) is 6. The van der Waals surface area contributed by atoms with Gasteiger partial charge in [0.2, 0.25) is 5.95 Å². The standard InChI is InChI=1S/C11H17N5O/c1-9-8-14-11(13)15-10(9)16(5-3-4-12)6-7-17-2/h8H,3,5-7H2,1-2H3,(H2,13,14,15). The first-order valence-corrected chi connectivity index (χ1v) is 5.39. The minimum Gasteiger partial charge on any atom is -0.383 e. The fraction of sp³-hybridized carbons (Fsp3) is 0.545. The maximum absolute atomic E-state index is 8.65. The second-order valence-electron chi connectivity index (χ2n) is 3.62. The number of ether oxygens (including phenoxy) is 1. The lowest BCUT2D eigenvalue weighted by atomic mass is 10.3. The molecule has 0 bridgehead atoms. The predicted octanol–water partition coefficient (Wildman–Crippen LogP) is 0.734. The van der Waals surface area contributed by atoms with Crippen LogP contribution in [0.5, 0.6) is 0 Å². The quantitative estimate of drug-likeness (QED) is 0.782. The third-order valence-electron chi connectivity index (χ3n) is 2.32. The number of nitrogens with zero attached hydrogens (tertiary/aromatic N) is 4. The summed E-state index contributed by atoms with van der Waals surface area (Å²) in [5.41, 5.74) is 6.52. The Morgan fingerprint density at radius 1 is 1.53 bits per heavy atom. The molecule has 0 saturated heterocycles. The molecule has 0 saturated carbocycles. The number of aryl methyl sites for hydroxylation is 1. The maximum atomic E-state index is 8.65. The molecule has 1 aromatic heterocycles. The van der Waals surface area contributed by atoms with Crippen LogP contribution in [-0.4, -0.2) is 36.8 Å². The molecule has 17 heavy (non-hydrogen) atoms. The summed E-state index contributed by atoms with van der Waals surface area (Å²) in [4.78, 5) is 10.1. The minimum absolute atomic E-state index is 0.241. The Hall–Kier alpha value is -1.87. The van der Waals surface area contributed by atoms with E-state index in [4.69, 9.17) is 15.7 Å². The zero-order valence-corrected chi connectivity index (χ0v) is 10.2. The molecule has 0 aliphatic carbocycles. The molecule has 0 aliphatic heterocycles. The zero-order chi connectivity index (χ0) is 12.7. The van der Waals surface area contributed by atoms with E-state index in [9.17, 15) is 0 Å². The highest BCUT2D eigenvalue weighted by atomic mass is 16.5. The van der Waals surface area contributed by atoms with Crippen molar-refractivity contribution in [3.63, 3.8) is 0 Å². The largest absolute Gasteiger partial charge is 0.383 e. The van der Waals surface area contributed by atoms with Crippen LogP contribution in [0.1, 0.15) is 12.0 Å². The fourth-order valence-electron chi connectivity index (χ4n) is 1.48. The van der Waals surface area contributed by atoms with Crippen molar-refractivity contribution < 1.29 is 4.74 Å². The Bertz CT molecular complexity index is 401. The molecule has 92 valence electrons. The third-order valence-corrected chi connectivity index (χ3v) is 2.32. The molecular formula is C11H17N5O. The SMILES string of the molecule is COCCN(CCC#N)c1nc(N)ncc1C. The van der Waals surface area contributed by atoms with E-state index in [0.29, 0.717) is 26.1 Å². The van der Waals surface area contributed by atoms with Crippen molar-refractivity contribution in [2.45, 2.75) is 13.3 Å². The summed E-state index contributed by atoms with van der Waals surface area (Å²) >= 11 is 0. The number of aromatic nitrogens is 2. The maximum Gasteiger partial charge on any atom is 0.221 e. The van der Waals surface area contributed by atoms with E-state index in [1.807, 2.05) is 11.8 Å². The van der Waals surface area contributed by atoms with Gasteiger partial charge in [-0.15, -0.1) is 0 Å². The van der Waals surface area contributed by atoms with E-state index in [0.717, 1.165) is 11.4 Å². The van der Waals surface area contributed by atoms with Gasteiger partial charge in [-0.3, -0.25) is 0 Å². The smallest absolute Gasteiger partial charge is 0.221 e. The predicted molar refractivity (Wildman–Crippen MR) is 65.5 cm³/mol. The number of nitriles is 1. The minimum atomic E-state index is 0.241. The van der Waals surface area contributed by atoms with Gasteiger partial charge in [0.15, 0.2) is 0 Å². The zero-order valence-electron chi connectivity index (χ0n) is 10.2. The van der Waals surface area contributed by atoms with Crippen LogP contribution in [0.2, 0.25) is 0 Å². The molecular weight excluding hydrogens is 218 g/mol. The van der Waals surface area contributed by atoms with Crippen LogP contribution < -0.4 is 10.6 Å². The number of nitrogens with two attached hydrogens (primary N) is 1. The first-order chi connectivity index (χ1) is 8.19. The van der Waals surface area contributed by atoms with Gasteiger partial charge < -0.3 is 15.4 Å². The number of methoxy groups -OCH3 is 1. The molecule has 1 rings (SSSR count). The Labute approximate surface area is 101 Å². The number of rotatable bonds is 6. The van der Waals surface area contributed by atoms with Crippen molar-refractivity contribution in [3.05, 3.63) is 11.8 Å². The Morgan fingerprint density at radius 3 is 2.94 bits per heavy atom. The highest BCUT2D eigenvalue weighted by Crippen LogP contribution is 2.17. The molecule has 1 aromatic rings. The van der Waals surface area contributed by atoms with Crippen LogP contribution in [0.3, 0.4) is 0 Å². The van der Waals surface area contributed by atoms with E-state index in [2.05, 4.69) is 16.0 Å². The van der Waals surface area contributed by atoms with Gasteiger partial charge in [-0.05, 0) is 6.92 Å². The summed E-state index contributed by atoms with van der Waals surface area (Å²) in [7, 11) is 1.64. The van der Waals surface area contributed by atoms with Gasteiger partial charge in [-0.2, -0.15) is 10.2 Å². The molecule has 1 heterocycles. The Balaban J connectivity index is 2.86. The summed E-state index contributed by atoms with van der Waals surface area (Å²) in [5.74, 6) is 1.01. The fourth-order valence-corrected chi connectivity index (χ4v) is 1.48. The lowest BCUT2D eigenvalue weighted by Crippen LogP contribution is -2.30. The highest BCUT2D eigenvalue weighted by molar-refractivity contribution is 5.48. The van der Waals surface area contributed by atoms with Gasteiger partial charge in [-0.1, -0.05) is 0 Å². The third kappa shape index (κ3) is 3.89. The average molecular weight is 235 g/mol. The number of hydrogen-bond donors (Lipinski definition) is 1. The van der Waals surface area contributed by atoms with Crippen molar-refractivity contribution in [1.29, 1.82) is 5.26 Å². The first kappa shape index (κ1) is 13.2. The monoisotopic (exact) mass is 235 g/mol. The highest BCUT2D eigenvalue weighted by Gasteiger charge is 2.11. The molecule has 0 fully saturated rings. The van der Waals surface area contributed by atoms with Crippen LogP contribution in [0.15, 0.2) is 6.20 Å². The van der Waals surface area contributed by atoms with Gasteiger partial charge in [0.1, 0.15) is 5.82 Å². The summed E-state index contributed by atoms with van der Waals surface area (Å²) in [6.07, 6.45) is 2.12. The van der Waals surface area contributed by atoms with E-state index in [1.54, 1.807) is 13.3 Å². The second-order valence-corrected chi connectivity index (χ2v) is 3.62. The lowest BCUT2D eigenvalue weighted by Gasteiger charge is -2.23. The Kier molecular flexibility index (Phi) is 5.17. The van der Waals surface area contributed by atoms with E-state index >= 15 is 0 Å². The topological polar surface area (TPSA) is 88.1 Å². The van der Waals surface area contributed by atoms with Crippen molar-refractivity contribution in [3.8, 4) is 6.07 Å². The molecule has 6 heteroatoms. The van der Waals surface area contributed by atoms with Crippen molar-refractivity contribution in [2.24, 2.45) is 0 Å². The molecule has 6 nitrogen and oxygen atoms in total. The summed E-state index contributed by atoms with van der Waals surface area (Å²) in [6, 6.07) is 2.12. The lowest BCUT2D eigenvalue weighted by molar-refractivity contribution is 0.205. The molecule has 0 unspecified atom stereocenters. The number of nitrogen functional groups attached to an aromatic ring is 1. The van der Waals surface area contributed by atoms with Crippen molar-refractivity contribution in [2.75, 3.05) is 37.4 Å². The molecule has 0 aliphatic rings. The summed E-state index contributed by atoms with van der Waals surface area (Å²) in [5, 5.41) is 8.65. The van der Waals surface area contributed by atoms with Crippen LogP contribution in [-0.2, 0) is 4.74 Å². The van der Waals surface area contributed by atoms with Gasteiger partial charge in [0.25, 0.3) is 0 Å². The van der Waals surface area contributed by atoms with Gasteiger partial charge >= 0.3 is 0 Å². The molecule has 0 aromatic carbocycles. The molecule has 2 N–H and O–H groups in total. The molecule has 0 spiro atoms. The van der Waals surface area contributed by atoms with Crippen molar-refractivity contribution in [1.82, 2.24) is 9.97 Å². The van der Waals surface area contributed by atoms with Gasteiger partial charge in [-0.25, -0.2) is 4.98 Å². The number of anilines is 2. The van der Waals surface area contributed by atoms with Crippen LogP contribution >= 0.6 is 0 Å². The van der Waals surface area contributed by atoms with Gasteiger partial charge in [0, 0.05) is 32.0 Å². The first-order valence-electron chi connectivity index (χ1n) is 5.39. The summed E-state index contributed by atoms with van der Waals surface area (Å²) < 4.78 is 5.04. The van der Waals surface area contributed by atoms with E-state index < -0.39 is 0 Å². The van der Waals surface area contributed by atoms with Crippen LogP contribution in [0.4, 0.5) is 11.8 Å². The van der Waals surface area contributed by atoms with Gasteiger partial charge in [0.05, 0.1) is 19.1 Å².